The summed E-state index contributed by atoms with van der Waals surface area (Å²) in [5.74, 6) is -0.0750. The molecule has 2 aromatic rings. The van der Waals surface area contributed by atoms with Crippen LogP contribution in [0.1, 0.15) is 28.2 Å². The zero-order valence-electron chi connectivity index (χ0n) is 13.6. The molecule has 1 saturated heterocycles. The monoisotopic (exact) mass is 364 g/mol. The summed E-state index contributed by atoms with van der Waals surface area (Å²) in [6.07, 6.45) is 0. The molecule has 1 aromatic carbocycles. The number of hydrogen-bond donors (Lipinski definition) is 1. The Morgan fingerprint density at radius 2 is 1.96 bits per heavy atom. The van der Waals surface area contributed by atoms with Gasteiger partial charge in [0.2, 0.25) is 0 Å². The highest BCUT2D eigenvalue weighted by molar-refractivity contribution is 7.10. The summed E-state index contributed by atoms with van der Waals surface area (Å²) in [4.78, 5) is 16.2. The number of hydrogen-bond acceptors (Lipinski definition) is 4. The summed E-state index contributed by atoms with van der Waals surface area (Å²) in [6, 6.07) is 11.3. The van der Waals surface area contributed by atoms with Gasteiger partial charge in [-0.1, -0.05) is 17.7 Å². The van der Waals surface area contributed by atoms with Gasteiger partial charge in [0.1, 0.15) is 0 Å². The van der Waals surface area contributed by atoms with Crippen LogP contribution in [0, 0.1) is 0 Å². The molecule has 1 aromatic heterocycles. The lowest BCUT2D eigenvalue weighted by molar-refractivity contribution is 0.00969. The Kier molecular flexibility index (Phi) is 5.89. The third kappa shape index (κ3) is 4.16. The summed E-state index contributed by atoms with van der Waals surface area (Å²) in [5.41, 5.74) is 0.623. The SMILES string of the molecule is C[C@@H](NC(=O)c1ccc(Cl)cc1)[C@@H](c1cccs1)N1CCOCC1. The molecule has 4 nitrogen and oxygen atoms in total. The van der Waals surface area contributed by atoms with E-state index >= 15 is 0 Å². The van der Waals surface area contributed by atoms with Crippen LogP contribution in [-0.2, 0) is 4.74 Å². The van der Waals surface area contributed by atoms with Crippen LogP contribution in [0.2, 0.25) is 5.02 Å². The molecule has 1 N–H and O–H groups in total. The standard InChI is InChI=1S/C18H21ClN2O2S/c1-13(20-18(22)14-4-6-15(19)7-5-14)17(16-3-2-12-24-16)21-8-10-23-11-9-21/h2-7,12-13,17H,8-11H2,1H3,(H,20,22)/t13-,17+/m1/s1. The van der Waals surface area contributed by atoms with Crippen molar-refractivity contribution in [2.75, 3.05) is 26.3 Å². The van der Waals surface area contributed by atoms with Crippen molar-refractivity contribution in [2.24, 2.45) is 0 Å². The molecule has 0 saturated carbocycles. The molecular weight excluding hydrogens is 344 g/mol. The molecule has 1 fully saturated rings. The van der Waals surface area contributed by atoms with E-state index in [9.17, 15) is 4.79 Å². The van der Waals surface area contributed by atoms with Gasteiger partial charge in [-0.15, -0.1) is 11.3 Å². The van der Waals surface area contributed by atoms with Crippen LogP contribution in [-0.4, -0.2) is 43.2 Å². The average Bonchev–Trinajstić information content (AvgIpc) is 3.10. The zero-order chi connectivity index (χ0) is 16.9. The fourth-order valence-electron chi connectivity index (χ4n) is 3.03. The number of amides is 1. The smallest absolute Gasteiger partial charge is 0.251 e. The maximum absolute atomic E-state index is 12.5. The Hall–Kier alpha value is -1.40. The Morgan fingerprint density at radius 1 is 1.25 bits per heavy atom. The van der Waals surface area contributed by atoms with Gasteiger partial charge in [-0.2, -0.15) is 0 Å². The lowest BCUT2D eigenvalue weighted by Crippen LogP contribution is -2.48. The highest BCUT2D eigenvalue weighted by Crippen LogP contribution is 2.29. The quantitative estimate of drug-likeness (QED) is 0.881. The van der Waals surface area contributed by atoms with Gasteiger partial charge in [0.15, 0.2) is 0 Å². The number of carbonyl (C=O) groups excluding carboxylic acids is 1. The zero-order valence-corrected chi connectivity index (χ0v) is 15.1. The van der Waals surface area contributed by atoms with E-state index in [0.717, 1.165) is 26.3 Å². The molecule has 0 radical (unpaired) electrons. The van der Waals surface area contributed by atoms with Crippen molar-refractivity contribution in [3.63, 3.8) is 0 Å². The first-order chi connectivity index (χ1) is 11.6. The number of nitrogens with zero attached hydrogens (tertiary/aromatic N) is 1. The predicted molar refractivity (Wildman–Crippen MR) is 97.8 cm³/mol. The van der Waals surface area contributed by atoms with Gasteiger partial charge in [-0.05, 0) is 42.6 Å². The third-order valence-corrected chi connectivity index (χ3v) is 5.41. The molecule has 6 heteroatoms. The molecule has 128 valence electrons. The number of nitrogens with one attached hydrogen (secondary N) is 1. The summed E-state index contributed by atoms with van der Waals surface area (Å²) >= 11 is 7.62. The highest BCUT2D eigenvalue weighted by atomic mass is 35.5. The molecule has 0 unspecified atom stereocenters. The second-order valence-corrected chi connectivity index (χ2v) is 7.29. The van der Waals surface area contributed by atoms with Gasteiger partial charge < -0.3 is 10.1 Å². The molecule has 2 atom stereocenters. The lowest BCUT2D eigenvalue weighted by atomic mass is 10.0. The van der Waals surface area contributed by atoms with E-state index in [4.69, 9.17) is 16.3 Å². The van der Waals surface area contributed by atoms with Crippen LogP contribution in [0.15, 0.2) is 41.8 Å². The molecule has 1 amide bonds. The molecule has 24 heavy (non-hydrogen) atoms. The fraction of sp³-hybridized carbons (Fsp3) is 0.389. The van der Waals surface area contributed by atoms with Crippen LogP contribution >= 0.6 is 22.9 Å². The third-order valence-electron chi connectivity index (χ3n) is 4.21. The van der Waals surface area contributed by atoms with E-state index < -0.39 is 0 Å². The molecule has 0 aliphatic carbocycles. The van der Waals surface area contributed by atoms with Gasteiger partial charge in [-0.3, -0.25) is 9.69 Å². The second kappa shape index (κ2) is 8.12. The normalized spacial score (nSPS) is 18.1. The van der Waals surface area contributed by atoms with Crippen molar-refractivity contribution in [3.8, 4) is 0 Å². The van der Waals surface area contributed by atoms with E-state index in [-0.39, 0.29) is 18.0 Å². The number of morpholine rings is 1. The minimum Gasteiger partial charge on any atom is -0.379 e. The molecule has 2 heterocycles. The Bertz CT molecular complexity index is 654. The largest absolute Gasteiger partial charge is 0.379 e. The number of halogens is 1. The van der Waals surface area contributed by atoms with Crippen molar-refractivity contribution in [1.29, 1.82) is 0 Å². The van der Waals surface area contributed by atoms with Crippen LogP contribution in [0.3, 0.4) is 0 Å². The van der Waals surface area contributed by atoms with Gasteiger partial charge >= 0.3 is 0 Å². The minimum absolute atomic E-state index is 0.00933. The first-order valence-electron chi connectivity index (χ1n) is 8.07. The molecule has 1 aliphatic rings. The van der Waals surface area contributed by atoms with E-state index in [2.05, 4.69) is 34.7 Å². The number of thiophene rings is 1. The number of benzene rings is 1. The first kappa shape index (κ1) is 17.4. The van der Waals surface area contributed by atoms with Gasteiger partial charge in [-0.25, -0.2) is 0 Å². The van der Waals surface area contributed by atoms with Crippen LogP contribution < -0.4 is 5.32 Å². The fourth-order valence-corrected chi connectivity index (χ4v) is 4.12. The molecule has 1 aliphatic heterocycles. The Balaban J connectivity index is 1.74. The summed E-state index contributed by atoms with van der Waals surface area (Å²) in [5, 5.41) is 5.85. The van der Waals surface area contributed by atoms with Crippen LogP contribution in [0.25, 0.3) is 0 Å². The number of rotatable bonds is 5. The maximum Gasteiger partial charge on any atom is 0.251 e. The Morgan fingerprint density at radius 3 is 2.58 bits per heavy atom. The topological polar surface area (TPSA) is 41.6 Å². The Labute approximate surface area is 151 Å². The minimum atomic E-state index is -0.0750. The second-order valence-electron chi connectivity index (χ2n) is 5.88. The van der Waals surface area contributed by atoms with Gasteiger partial charge in [0.05, 0.1) is 19.3 Å². The van der Waals surface area contributed by atoms with Crippen molar-refractivity contribution >= 4 is 28.8 Å². The summed E-state index contributed by atoms with van der Waals surface area (Å²) in [7, 11) is 0. The van der Waals surface area contributed by atoms with Crippen molar-refractivity contribution < 1.29 is 9.53 Å². The number of carbonyl (C=O) groups is 1. The van der Waals surface area contributed by atoms with Gasteiger partial charge in [0.25, 0.3) is 5.91 Å². The van der Waals surface area contributed by atoms with Crippen molar-refractivity contribution in [2.45, 2.75) is 19.0 Å². The molecular formula is C18H21ClN2O2S. The summed E-state index contributed by atoms with van der Waals surface area (Å²) < 4.78 is 5.47. The lowest BCUT2D eigenvalue weighted by Gasteiger charge is -2.37. The van der Waals surface area contributed by atoms with Crippen molar-refractivity contribution in [3.05, 3.63) is 57.2 Å². The van der Waals surface area contributed by atoms with Gasteiger partial charge in [0, 0.05) is 34.6 Å². The van der Waals surface area contributed by atoms with Crippen LogP contribution in [0.5, 0.6) is 0 Å². The molecule has 3 rings (SSSR count). The van der Waals surface area contributed by atoms with E-state index in [1.165, 1.54) is 4.88 Å². The number of ether oxygens (including phenoxy) is 1. The molecule has 0 bridgehead atoms. The van der Waals surface area contributed by atoms with Crippen LogP contribution in [0.4, 0.5) is 0 Å². The summed E-state index contributed by atoms with van der Waals surface area (Å²) in [6.45, 7) is 5.29. The van der Waals surface area contributed by atoms with E-state index in [1.54, 1.807) is 35.6 Å². The highest BCUT2D eigenvalue weighted by Gasteiger charge is 2.29. The first-order valence-corrected chi connectivity index (χ1v) is 9.32. The maximum atomic E-state index is 12.5. The van der Waals surface area contributed by atoms with E-state index in [0.29, 0.717) is 10.6 Å². The van der Waals surface area contributed by atoms with E-state index in [1.807, 2.05) is 0 Å². The average molecular weight is 365 g/mol. The molecule has 0 spiro atoms. The van der Waals surface area contributed by atoms with Crippen molar-refractivity contribution in [1.82, 2.24) is 10.2 Å². The predicted octanol–water partition coefficient (Wildman–Crippen LogP) is 3.59.